The van der Waals surface area contributed by atoms with Crippen LogP contribution in [0.4, 0.5) is 0 Å². The van der Waals surface area contributed by atoms with E-state index in [1.165, 1.54) is 32.1 Å². The molecule has 0 atom stereocenters. The summed E-state index contributed by atoms with van der Waals surface area (Å²) in [6, 6.07) is 0. The number of nitrogens with zero attached hydrogens (tertiary/aromatic N) is 2. The Morgan fingerprint density at radius 2 is 1.78 bits per heavy atom. The van der Waals surface area contributed by atoms with Gasteiger partial charge in [-0.1, -0.05) is 19.3 Å². The van der Waals surface area contributed by atoms with Gasteiger partial charge in [-0.2, -0.15) is 0 Å². The first-order chi connectivity index (χ1) is 10.4. The minimum atomic E-state index is -0.0302. The van der Waals surface area contributed by atoms with E-state index in [1.807, 2.05) is 0 Å². The number of aliphatic imine (C=N–C) groups is 1. The van der Waals surface area contributed by atoms with Crippen LogP contribution in [-0.4, -0.2) is 55.8 Å². The van der Waals surface area contributed by atoms with Crippen molar-refractivity contribution in [2.24, 2.45) is 16.1 Å². The van der Waals surface area contributed by atoms with E-state index in [0.29, 0.717) is 11.4 Å². The number of morpholine rings is 1. The molecule has 2 fully saturated rings. The number of nitrogens with two attached hydrogens (primary N) is 1. The largest absolute Gasteiger partial charge is 0.379 e. The molecule has 0 bridgehead atoms. The second kappa shape index (κ2) is 9.42. The Morgan fingerprint density at radius 1 is 1.17 bits per heavy atom. The van der Waals surface area contributed by atoms with Crippen molar-refractivity contribution < 1.29 is 4.74 Å². The van der Waals surface area contributed by atoms with Crippen LogP contribution < -0.4 is 11.1 Å². The number of hydrogen-bond acceptors (Lipinski definition) is 3. The smallest absolute Gasteiger partial charge is 0.189 e. The van der Waals surface area contributed by atoms with E-state index < -0.39 is 0 Å². The Kier molecular flexibility index (Phi) is 8.58. The van der Waals surface area contributed by atoms with Crippen LogP contribution in [-0.2, 0) is 4.74 Å². The van der Waals surface area contributed by atoms with E-state index in [9.17, 15) is 0 Å². The number of rotatable bonds is 4. The first kappa shape index (κ1) is 21.0. The van der Waals surface area contributed by atoms with E-state index in [0.717, 1.165) is 39.4 Å². The van der Waals surface area contributed by atoms with E-state index in [4.69, 9.17) is 15.5 Å². The van der Waals surface area contributed by atoms with Gasteiger partial charge in [0.2, 0.25) is 0 Å². The van der Waals surface area contributed by atoms with Crippen molar-refractivity contribution in [3.05, 3.63) is 0 Å². The zero-order valence-electron chi connectivity index (χ0n) is 15.1. The molecule has 23 heavy (non-hydrogen) atoms. The number of hydrogen-bond donors (Lipinski definition) is 2. The number of halogens is 1. The summed E-state index contributed by atoms with van der Waals surface area (Å²) in [6.45, 7) is 12.2. The summed E-state index contributed by atoms with van der Waals surface area (Å²) in [6.07, 6.45) is 6.57. The second-order valence-electron chi connectivity index (χ2n) is 8.03. The lowest BCUT2D eigenvalue weighted by Crippen LogP contribution is -2.48. The molecule has 1 aliphatic carbocycles. The second-order valence-corrected chi connectivity index (χ2v) is 8.03. The van der Waals surface area contributed by atoms with Crippen molar-refractivity contribution in [1.82, 2.24) is 10.2 Å². The van der Waals surface area contributed by atoms with Gasteiger partial charge in [0.05, 0.1) is 13.2 Å². The number of ether oxygens (including phenoxy) is 1. The average molecular weight is 438 g/mol. The summed E-state index contributed by atoms with van der Waals surface area (Å²) in [5, 5.41) is 3.27. The van der Waals surface area contributed by atoms with Crippen molar-refractivity contribution >= 4 is 29.9 Å². The highest BCUT2D eigenvalue weighted by Gasteiger charge is 2.34. The van der Waals surface area contributed by atoms with Crippen LogP contribution in [0.25, 0.3) is 0 Å². The molecule has 136 valence electrons. The third kappa shape index (κ3) is 7.56. The van der Waals surface area contributed by atoms with Crippen LogP contribution in [0.2, 0.25) is 0 Å². The van der Waals surface area contributed by atoms with Crippen LogP contribution in [0.1, 0.15) is 52.9 Å². The maximum absolute atomic E-state index is 6.07. The third-order valence-corrected chi connectivity index (χ3v) is 4.66. The van der Waals surface area contributed by atoms with Gasteiger partial charge in [-0.3, -0.25) is 9.89 Å². The monoisotopic (exact) mass is 438 g/mol. The zero-order chi connectivity index (χ0) is 16.1. The van der Waals surface area contributed by atoms with Crippen LogP contribution >= 0.6 is 24.0 Å². The molecule has 2 aliphatic rings. The quantitative estimate of drug-likeness (QED) is 0.403. The summed E-state index contributed by atoms with van der Waals surface area (Å²) in [4.78, 5) is 7.25. The maximum Gasteiger partial charge on any atom is 0.189 e. The lowest BCUT2D eigenvalue weighted by Gasteiger charge is -2.41. The summed E-state index contributed by atoms with van der Waals surface area (Å²) in [5.41, 5.74) is 6.35. The third-order valence-electron chi connectivity index (χ3n) is 4.66. The fourth-order valence-electron chi connectivity index (χ4n) is 3.58. The zero-order valence-corrected chi connectivity index (χ0v) is 17.4. The molecule has 1 saturated heterocycles. The van der Waals surface area contributed by atoms with Crippen LogP contribution in [0.15, 0.2) is 4.99 Å². The molecule has 0 aromatic heterocycles. The van der Waals surface area contributed by atoms with Gasteiger partial charge in [-0.25, -0.2) is 0 Å². The summed E-state index contributed by atoms with van der Waals surface area (Å²) in [7, 11) is 0. The van der Waals surface area contributed by atoms with Gasteiger partial charge < -0.3 is 15.8 Å². The van der Waals surface area contributed by atoms with Crippen molar-refractivity contribution in [3.8, 4) is 0 Å². The lowest BCUT2D eigenvalue weighted by atomic mass is 9.73. The standard InChI is InChI=1S/C17H34N4O.HI/c1-16(2,3)20-15(18)19-13-17(7-5-4-6-8-17)14-21-9-11-22-12-10-21;/h4-14H2,1-3H3,(H3,18,19,20);1H. The van der Waals surface area contributed by atoms with Crippen LogP contribution in [0.3, 0.4) is 0 Å². The summed E-state index contributed by atoms with van der Waals surface area (Å²) < 4.78 is 5.48. The van der Waals surface area contributed by atoms with E-state index in [-0.39, 0.29) is 29.5 Å². The van der Waals surface area contributed by atoms with Crippen molar-refractivity contribution in [2.45, 2.75) is 58.4 Å². The van der Waals surface area contributed by atoms with Gasteiger partial charge in [0.1, 0.15) is 0 Å². The van der Waals surface area contributed by atoms with E-state index in [2.05, 4.69) is 31.0 Å². The fraction of sp³-hybridized carbons (Fsp3) is 0.941. The molecule has 0 radical (unpaired) electrons. The molecule has 0 aromatic rings. The Bertz CT molecular complexity index is 369. The van der Waals surface area contributed by atoms with Crippen LogP contribution in [0, 0.1) is 5.41 Å². The van der Waals surface area contributed by atoms with Gasteiger partial charge in [0.15, 0.2) is 5.96 Å². The van der Waals surface area contributed by atoms with Crippen LogP contribution in [0.5, 0.6) is 0 Å². The highest BCUT2D eigenvalue weighted by atomic mass is 127. The maximum atomic E-state index is 6.07. The molecule has 1 aliphatic heterocycles. The Labute approximate surface area is 158 Å². The highest BCUT2D eigenvalue weighted by molar-refractivity contribution is 14.0. The minimum Gasteiger partial charge on any atom is -0.379 e. The molecule has 0 spiro atoms. The predicted octanol–water partition coefficient (Wildman–Crippen LogP) is 2.59. The molecule has 2 rings (SSSR count). The fourth-order valence-corrected chi connectivity index (χ4v) is 3.58. The normalized spacial score (nSPS) is 23.2. The Morgan fingerprint density at radius 3 is 2.35 bits per heavy atom. The minimum absolute atomic E-state index is 0. The molecule has 0 aromatic carbocycles. The topological polar surface area (TPSA) is 62.9 Å². The lowest BCUT2D eigenvalue weighted by molar-refractivity contribution is 0.00938. The molecule has 0 amide bonds. The first-order valence-corrected chi connectivity index (χ1v) is 8.77. The molecular weight excluding hydrogens is 403 g/mol. The van der Waals surface area contributed by atoms with Gasteiger partial charge in [-0.05, 0) is 33.6 Å². The molecule has 5 nitrogen and oxygen atoms in total. The molecule has 6 heteroatoms. The van der Waals surface area contributed by atoms with Gasteiger partial charge in [0.25, 0.3) is 0 Å². The van der Waals surface area contributed by atoms with Crippen molar-refractivity contribution in [2.75, 3.05) is 39.4 Å². The van der Waals surface area contributed by atoms with Gasteiger partial charge in [0, 0.05) is 37.1 Å². The van der Waals surface area contributed by atoms with Gasteiger partial charge in [-0.15, -0.1) is 24.0 Å². The molecule has 0 unspecified atom stereocenters. The van der Waals surface area contributed by atoms with Crippen molar-refractivity contribution in [1.29, 1.82) is 0 Å². The molecule has 1 saturated carbocycles. The summed E-state index contributed by atoms with van der Waals surface area (Å²) in [5.74, 6) is 0.583. The Hall–Kier alpha value is -0.0800. The Balaban J connectivity index is 0.00000264. The average Bonchev–Trinajstić information content (AvgIpc) is 2.46. The van der Waals surface area contributed by atoms with Crippen molar-refractivity contribution in [3.63, 3.8) is 0 Å². The molecular formula is C17H35IN4O. The SMILES string of the molecule is CC(C)(C)NC(N)=NCC1(CN2CCOCC2)CCCCC1.I. The molecule has 3 N–H and O–H groups in total. The first-order valence-electron chi connectivity index (χ1n) is 8.77. The van der Waals surface area contributed by atoms with E-state index >= 15 is 0 Å². The predicted molar refractivity (Wildman–Crippen MR) is 108 cm³/mol. The number of guanidine groups is 1. The van der Waals surface area contributed by atoms with Gasteiger partial charge >= 0.3 is 0 Å². The molecule has 1 heterocycles. The highest BCUT2D eigenvalue weighted by Crippen LogP contribution is 2.37. The number of nitrogens with one attached hydrogen (secondary N) is 1. The summed E-state index contributed by atoms with van der Waals surface area (Å²) >= 11 is 0. The van der Waals surface area contributed by atoms with E-state index in [1.54, 1.807) is 0 Å².